The van der Waals surface area contributed by atoms with Gasteiger partial charge in [-0.15, -0.1) is 0 Å². The largest absolute Gasteiger partial charge is 0.477 e. The molecular weight excluding hydrogens is 282 g/mol. The number of carboxylic acid groups (broad SMARTS) is 1. The van der Waals surface area contributed by atoms with Crippen molar-refractivity contribution in [1.82, 2.24) is 9.88 Å². The maximum absolute atomic E-state index is 13.0. The molecule has 0 saturated heterocycles. The molecule has 1 aromatic heterocycles. The number of hydrogen-bond acceptors (Lipinski definition) is 2. The molecular formula is C14H12F2N2O3. The standard InChI is InChI=1S/C14H12F2N2O3/c15-10-4-3-9(6-11(10)16)7-17-13(19)8-18-5-1-2-12(18)14(20)21/h1-6H,7-8H2,(H,17,19)(H,20,21). The maximum Gasteiger partial charge on any atom is 0.352 e. The van der Waals surface area contributed by atoms with Crippen LogP contribution < -0.4 is 5.32 Å². The van der Waals surface area contributed by atoms with E-state index < -0.39 is 23.5 Å². The van der Waals surface area contributed by atoms with Crippen molar-refractivity contribution >= 4 is 11.9 Å². The number of halogens is 2. The van der Waals surface area contributed by atoms with E-state index in [4.69, 9.17) is 5.11 Å². The van der Waals surface area contributed by atoms with Crippen molar-refractivity contribution in [2.24, 2.45) is 0 Å². The highest BCUT2D eigenvalue weighted by Crippen LogP contribution is 2.08. The Hall–Kier alpha value is -2.70. The molecule has 5 nitrogen and oxygen atoms in total. The summed E-state index contributed by atoms with van der Waals surface area (Å²) in [7, 11) is 0. The molecule has 7 heteroatoms. The summed E-state index contributed by atoms with van der Waals surface area (Å²) in [5.74, 6) is -3.50. The number of nitrogens with one attached hydrogen (secondary N) is 1. The van der Waals surface area contributed by atoms with Crippen molar-refractivity contribution < 1.29 is 23.5 Å². The van der Waals surface area contributed by atoms with E-state index in [1.54, 1.807) is 0 Å². The molecule has 0 aliphatic heterocycles. The first-order chi connectivity index (χ1) is 9.97. The Morgan fingerprint density at radius 1 is 1.19 bits per heavy atom. The number of aromatic nitrogens is 1. The summed E-state index contributed by atoms with van der Waals surface area (Å²) in [4.78, 5) is 22.6. The van der Waals surface area contributed by atoms with E-state index in [1.807, 2.05) is 0 Å². The fourth-order valence-electron chi connectivity index (χ4n) is 1.81. The lowest BCUT2D eigenvalue weighted by atomic mass is 10.2. The summed E-state index contributed by atoms with van der Waals surface area (Å²) in [6.45, 7) is -0.141. The minimum Gasteiger partial charge on any atom is -0.477 e. The third kappa shape index (κ3) is 3.65. The number of carboxylic acids is 1. The van der Waals surface area contributed by atoms with Crippen LogP contribution in [0.2, 0.25) is 0 Å². The van der Waals surface area contributed by atoms with Crippen LogP contribution >= 0.6 is 0 Å². The van der Waals surface area contributed by atoms with Crippen LogP contribution in [0.5, 0.6) is 0 Å². The van der Waals surface area contributed by atoms with Gasteiger partial charge in [-0.25, -0.2) is 13.6 Å². The summed E-state index contributed by atoms with van der Waals surface area (Å²) in [5, 5.41) is 11.4. The Labute approximate surface area is 118 Å². The Kier molecular flexibility index (Phi) is 4.32. The van der Waals surface area contributed by atoms with Crippen LogP contribution in [0.1, 0.15) is 16.1 Å². The molecule has 2 rings (SSSR count). The first kappa shape index (κ1) is 14.7. The minimum atomic E-state index is -1.13. The second-order valence-electron chi connectivity index (χ2n) is 4.35. The zero-order valence-electron chi connectivity index (χ0n) is 10.8. The van der Waals surface area contributed by atoms with Crippen molar-refractivity contribution in [1.29, 1.82) is 0 Å². The van der Waals surface area contributed by atoms with Crippen LogP contribution in [0.3, 0.4) is 0 Å². The normalized spacial score (nSPS) is 10.4. The van der Waals surface area contributed by atoms with E-state index in [0.29, 0.717) is 5.56 Å². The second kappa shape index (κ2) is 6.17. The molecule has 110 valence electrons. The summed E-state index contributed by atoms with van der Waals surface area (Å²) >= 11 is 0. The Balaban J connectivity index is 1.94. The highest BCUT2D eigenvalue weighted by molar-refractivity contribution is 5.86. The molecule has 21 heavy (non-hydrogen) atoms. The van der Waals surface area contributed by atoms with E-state index >= 15 is 0 Å². The van der Waals surface area contributed by atoms with E-state index in [2.05, 4.69) is 5.32 Å². The zero-order valence-corrected chi connectivity index (χ0v) is 10.8. The molecule has 0 aliphatic rings. The van der Waals surface area contributed by atoms with Crippen LogP contribution in [0.25, 0.3) is 0 Å². The summed E-state index contributed by atoms with van der Waals surface area (Å²) < 4.78 is 27.0. The van der Waals surface area contributed by atoms with E-state index in [0.717, 1.165) is 12.1 Å². The van der Waals surface area contributed by atoms with Crippen molar-refractivity contribution in [3.63, 3.8) is 0 Å². The van der Waals surface area contributed by atoms with E-state index in [-0.39, 0.29) is 18.8 Å². The van der Waals surface area contributed by atoms with E-state index in [9.17, 15) is 18.4 Å². The third-order valence-electron chi connectivity index (χ3n) is 2.84. The van der Waals surface area contributed by atoms with Gasteiger partial charge in [0.15, 0.2) is 11.6 Å². The molecule has 0 fully saturated rings. The highest BCUT2D eigenvalue weighted by Gasteiger charge is 2.11. The molecule has 2 aromatic rings. The maximum atomic E-state index is 13.0. The van der Waals surface area contributed by atoms with Gasteiger partial charge in [0.2, 0.25) is 5.91 Å². The Morgan fingerprint density at radius 3 is 2.62 bits per heavy atom. The topological polar surface area (TPSA) is 71.3 Å². The van der Waals surface area contributed by atoms with Crippen molar-refractivity contribution in [2.45, 2.75) is 13.1 Å². The number of carbonyl (C=O) groups is 2. The number of aromatic carboxylic acids is 1. The van der Waals surface area contributed by atoms with Crippen molar-refractivity contribution in [2.75, 3.05) is 0 Å². The molecule has 0 atom stereocenters. The molecule has 0 radical (unpaired) electrons. The number of hydrogen-bond donors (Lipinski definition) is 2. The predicted molar refractivity (Wildman–Crippen MR) is 69.6 cm³/mol. The van der Waals surface area contributed by atoms with Crippen LogP contribution in [-0.2, 0) is 17.9 Å². The van der Waals surface area contributed by atoms with Gasteiger partial charge in [-0.05, 0) is 29.8 Å². The summed E-state index contributed by atoms with van der Waals surface area (Å²) in [6, 6.07) is 6.23. The molecule has 1 aromatic carbocycles. The van der Waals surface area contributed by atoms with Gasteiger partial charge >= 0.3 is 5.97 Å². The van der Waals surface area contributed by atoms with E-state index in [1.165, 1.54) is 29.0 Å². The first-order valence-corrected chi connectivity index (χ1v) is 6.06. The van der Waals surface area contributed by atoms with Crippen LogP contribution in [0.4, 0.5) is 8.78 Å². The predicted octanol–water partition coefficient (Wildman–Crippen LogP) is 1.78. The zero-order chi connectivity index (χ0) is 15.4. The first-order valence-electron chi connectivity index (χ1n) is 6.06. The summed E-state index contributed by atoms with van der Waals surface area (Å²) in [6.07, 6.45) is 1.47. The third-order valence-corrected chi connectivity index (χ3v) is 2.84. The van der Waals surface area contributed by atoms with Gasteiger partial charge in [0.05, 0.1) is 0 Å². The molecule has 0 saturated carbocycles. The number of rotatable bonds is 5. The van der Waals surface area contributed by atoms with Crippen molar-refractivity contribution in [3.8, 4) is 0 Å². The number of carbonyl (C=O) groups excluding carboxylic acids is 1. The quantitative estimate of drug-likeness (QED) is 0.883. The summed E-state index contributed by atoms with van der Waals surface area (Å²) in [5.41, 5.74) is 0.409. The van der Waals surface area contributed by atoms with Gasteiger partial charge in [0.25, 0.3) is 0 Å². The average Bonchev–Trinajstić information content (AvgIpc) is 2.88. The molecule has 2 N–H and O–H groups in total. The van der Waals surface area contributed by atoms with Gasteiger partial charge in [-0.1, -0.05) is 6.07 Å². The van der Waals surface area contributed by atoms with Gasteiger partial charge in [-0.3, -0.25) is 4.79 Å². The number of amides is 1. The van der Waals surface area contributed by atoms with Gasteiger partial charge < -0.3 is 15.0 Å². The fraction of sp³-hybridized carbons (Fsp3) is 0.143. The smallest absolute Gasteiger partial charge is 0.352 e. The fourth-order valence-corrected chi connectivity index (χ4v) is 1.81. The Bertz CT molecular complexity index is 683. The van der Waals surface area contributed by atoms with Crippen molar-refractivity contribution in [3.05, 3.63) is 59.4 Å². The van der Waals surface area contributed by atoms with Crippen LogP contribution in [0.15, 0.2) is 36.5 Å². The van der Waals surface area contributed by atoms with Crippen LogP contribution in [-0.4, -0.2) is 21.6 Å². The lowest BCUT2D eigenvalue weighted by Gasteiger charge is -2.08. The lowest BCUT2D eigenvalue weighted by Crippen LogP contribution is -2.28. The van der Waals surface area contributed by atoms with Gasteiger partial charge in [0, 0.05) is 12.7 Å². The Morgan fingerprint density at radius 2 is 1.95 bits per heavy atom. The SMILES string of the molecule is O=C(Cn1cccc1C(=O)O)NCc1ccc(F)c(F)c1. The van der Waals surface area contributed by atoms with Gasteiger partial charge in [-0.2, -0.15) is 0 Å². The molecule has 1 heterocycles. The monoisotopic (exact) mass is 294 g/mol. The number of benzene rings is 1. The molecule has 0 spiro atoms. The molecule has 0 aliphatic carbocycles. The second-order valence-corrected chi connectivity index (χ2v) is 4.35. The average molecular weight is 294 g/mol. The number of nitrogens with zero attached hydrogens (tertiary/aromatic N) is 1. The van der Waals surface area contributed by atoms with Crippen LogP contribution in [0, 0.1) is 11.6 Å². The van der Waals surface area contributed by atoms with Gasteiger partial charge in [0.1, 0.15) is 12.2 Å². The molecule has 0 unspecified atom stereocenters. The minimum absolute atomic E-state index is 0.00187. The molecule has 1 amide bonds. The lowest BCUT2D eigenvalue weighted by molar-refractivity contribution is -0.121. The highest BCUT2D eigenvalue weighted by atomic mass is 19.2. The molecule has 0 bridgehead atoms.